The lowest BCUT2D eigenvalue weighted by atomic mass is 10.1. The Morgan fingerprint density at radius 2 is 2.06 bits per heavy atom. The molecule has 1 unspecified atom stereocenters. The van der Waals surface area contributed by atoms with Gasteiger partial charge in [-0.1, -0.05) is 0 Å². The smallest absolute Gasteiger partial charge is 0.147 e. The van der Waals surface area contributed by atoms with Crippen molar-refractivity contribution in [2.24, 2.45) is 0 Å². The topological polar surface area (TPSA) is 51.2 Å². The summed E-state index contributed by atoms with van der Waals surface area (Å²) in [7, 11) is 0. The number of piperidine rings is 1. The molecule has 2 aliphatic rings. The van der Waals surface area contributed by atoms with Crippen molar-refractivity contribution in [2.75, 3.05) is 46.2 Å². The van der Waals surface area contributed by atoms with Crippen LogP contribution in [0.25, 0.3) is 0 Å². The van der Waals surface area contributed by atoms with Gasteiger partial charge in [0, 0.05) is 19.6 Å². The zero-order valence-corrected chi connectivity index (χ0v) is 10.3. The highest BCUT2D eigenvalue weighted by Gasteiger charge is 2.23. The first kappa shape index (κ1) is 13.2. The molecule has 0 spiro atoms. The zero-order valence-electron chi connectivity index (χ0n) is 10.3. The van der Waals surface area contributed by atoms with Crippen LogP contribution >= 0.6 is 0 Å². The summed E-state index contributed by atoms with van der Waals surface area (Å²) in [6, 6.07) is 0. The van der Waals surface area contributed by atoms with Gasteiger partial charge in [-0.25, -0.2) is 0 Å². The van der Waals surface area contributed by atoms with E-state index in [1.807, 2.05) is 0 Å². The molecule has 0 aromatic heterocycles. The fraction of sp³-hybridized carbons (Fsp3) is 1.00. The van der Waals surface area contributed by atoms with Crippen molar-refractivity contribution < 1.29 is 19.3 Å². The number of aliphatic hydroxyl groups is 1. The van der Waals surface area contributed by atoms with Crippen LogP contribution in [0.2, 0.25) is 0 Å². The molecule has 0 aliphatic carbocycles. The number of hydrogen-bond acceptors (Lipinski definition) is 5. The first-order chi connectivity index (χ1) is 8.38. The molecule has 5 heteroatoms. The summed E-state index contributed by atoms with van der Waals surface area (Å²) < 4.78 is 16.3. The van der Waals surface area contributed by atoms with Gasteiger partial charge in [-0.3, -0.25) is 0 Å². The minimum atomic E-state index is 0.121. The van der Waals surface area contributed by atoms with Gasteiger partial charge < -0.3 is 24.2 Å². The van der Waals surface area contributed by atoms with Gasteiger partial charge >= 0.3 is 0 Å². The summed E-state index contributed by atoms with van der Waals surface area (Å²) in [6.07, 6.45) is 3.78. The molecule has 0 aromatic rings. The number of aliphatic hydroxyl groups excluding tert-OH is 1. The second-order valence-corrected chi connectivity index (χ2v) is 4.70. The van der Waals surface area contributed by atoms with Crippen LogP contribution < -0.4 is 0 Å². The van der Waals surface area contributed by atoms with Gasteiger partial charge in [-0.05, 0) is 19.3 Å². The molecule has 2 aliphatic heterocycles. The summed E-state index contributed by atoms with van der Waals surface area (Å²) in [5, 5.41) is 8.70. The number of likely N-dealkylation sites (tertiary alicyclic amines) is 1. The molecule has 0 saturated carbocycles. The third-order valence-electron chi connectivity index (χ3n) is 3.41. The molecule has 0 bridgehead atoms. The van der Waals surface area contributed by atoms with Gasteiger partial charge in [0.05, 0.1) is 32.0 Å². The summed E-state index contributed by atoms with van der Waals surface area (Å²) in [4.78, 5) is 2.44. The first-order valence-corrected chi connectivity index (χ1v) is 6.52. The molecule has 5 nitrogen and oxygen atoms in total. The summed E-state index contributed by atoms with van der Waals surface area (Å²) in [5.74, 6) is 0. The first-order valence-electron chi connectivity index (χ1n) is 6.52. The van der Waals surface area contributed by atoms with E-state index < -0.39 is 0 Å². The van der Waals surface area contributed by atoms with Gasteiger partial charge in [-0.15, -0.1) is 0 Å². The van der Waals surface area contributed by atoms with E-state index in [1.165, 1.54) is 0 Å². The van der Waals surface area contributed by atoms with Crippen LogP contribution in [0.1, 0.15) is 19.3 Å². The van der Waals surface area contributed by atoms with Gasteiger partial charge in [0.2, 0.25) is 0 Å². The van der Waals surface area contributed by atoms with Crippen LogP contribution in [0.5, 0.6) is 0 Å². The molecule has 2 rings (SSSR count). The SMILES string of the molecule is OCCOC1CCN(CC2CCOCO2)CC1. The monoisotopic (exact) mass is 245 g/mol. The second-order valence-electron chi connectivity index (χ2n) is 4.70. The summed E-state index contributed by atoms with van der Waals surface area (Å²) >= 11 is 0. The number of hydrogen-bond donors (Lipinski definition) is 1. The number of nitrogens with zero attached hydrogens (tertiary/aromatic N) is 1. The van der Waals surface area contributed by atoms with Gasteiger partial charge in [0.15, 0.2) is 0 Å². The van der Waals surface area contributed by atoms with E-state index >= 15 is 0 Å². The van der Waals surface area contributed by atoms with Crippen LogP contribution in [-0.2, 0) is 14.2 Å². The third kappa shape index (κ3) is 4.52. The Morgan fingerprint density at radius 1 is 1.24 bits per heavy atom. The molecule has 100 valence electrons. The van der Waals surface area contributed by atoms with Crippen molar-refractivity contribution >= 4 is 0 Å². The van der Waals surface area contributed by atoms with Crippen LogP contribution in [0, 0.1) is 0 Å². The van der Waals surface area contributed by atoms with E-state index in [0.717, 1.165) is 45.5 Å². The Hall–Kier alpha value is -0.200. The maximum absolute atomic E-state index is 8.70. The molecule has 2 fully saturated rings. The predicted molar refractivity (Wildman–Crippen MR) is 62.8 cm³/mol. The maximum Gasteiger partial charge on any atom is 0.147 e. The molecule has 1 N–H and O–H groups in total. The van der Waals surface area contributed by atoms with E-state index in [1.54, 1.807) is 0 Å². The highest BCUT2D eigenvalue weighted by molar-refractivity contribution is 4.75. The van der Waals surface area contributed by atoms with Crippen molar-refractivity contribution in [3.63, 3.8) is 0 Å². The van der Waals surface area contributed by atoms with Gasteiger partial charge in [0.1, 0.15) is 6.79 Å². The number of rotatable bonds is 5. The van der Waals surface area contributed by atoms with Crippen LogP contribution in [0.15, 0.2) is 0 Å². The van der Waals surface area contributed by atoms with E-state index in [4.69, 9.17) is 19.3 Å². The molecule has 0 aromatic carbocycles. The standard InChI is InChI=1S/C12H23NO4/c14-6-8-16-11-1-4-13(5-2-11)9-12-3-7-15-10-17-12/h11-12,14H,1-10H2. The molecule has 2 heterocycles. The quantitative estimate of drug-likeness (QED) is 0.751. The summed E-state index contributed by atoms with van der Waals surface area (Å²) in [5.41, 5.74) is 0. The molecule has 17 heavy (non-hydrogen) atoms. The molecule has 1 atom stereocenters. The zero-order chi connectivity index (χ0) is 11.9. The van der Waals surface area contributed by atoms with Crippen LogP contribution in [0.4, 0.5) is 0 Å². The van der Waals surface area contributed by atoms with Crippen molar-refractivity contribution in [1.29, 1.82) is 0 Å². The largest absolute Gasteiger partial charge is 0.394 e. The van der Waals surface area contributed by atoms with Gasteiger partial charge in [-0.2, -0.15) is 0 Å². The Kier molecular flexibility index (Phi) is 5.67. The van der Waals surface area contributed by atoms with Gasteiger partial charge in [0.25, 0.3) is 0 Å². The predicted octanol–water partition coefficient (Wildman–Crippen LogP) is 0.223. The number of ether oxygens (including phenoxy) is 3. The average molecular weight is 245 g/mol. The fourth-order valence-electron chi connectivity index (χ4n) is 2.41. The van der Waals surface area contributed by atoms with E-state index in [9.17, 15) is 0 Å². The van der Waals surface area contributed by atoms with Crippen LogP contribution in [0.3, 0.4) is 0 Å². The Bertz CT molecular complexity index is 201. The Morgan fingerprint density at radius 3 is 2.71 bits per heavy atom. The van der Waals surface area contributed by atoms with Crippen LogP contribution in [-0.4, -0.2) is 68.5 Å². The average Bonchev–Trinajstić information content (AvgIpc) is 2.39. The highest BCUT2D eigenvalue weighted by Crippen LogP contribution is 2.16. The van der Waals surface area contributed by atoms with Crippen molar-refractivity contribution in [1.82, 2.24) is 4.90 Å². The molecular formula is C12H23NO4. The summed E-state index contributed by atoms with van der Waals surface area (Å²) in [6.45, 7) is 5.00. The molecule has 2 saturated heterocycles. The fourth-order valence-corrected chi connectivity index (χ4v) is 2.41. The highest BCUT2D eigenvalue weighted by atomic mass is 16.7. The third-order valence-corrected chi connectivity index (χ3v) is 3.41. The normalized spacial score (nSPS) is 28.4. The van der Waals surface area contributed by atoms with E-state index in [0.29, 0.717) is 25.6 Å². The lowest BCUT2D eigenvalue weighted by Crippen LogP contribution is -2.43. The molecule has 0 radical (unpaired) electrons. The Labute approximate surface area is 103 Å². The lowest BCUT2D eigenvalue weighted by molar-refractivity contribution is -0.146. The molecular weight excluding hydrogens is 222 g/mol. The van der Waals surface area contributed by atoms with Crippen molar-refractivity contribution in [3.05, 3.63) is 0 Å². The lowest BCUT2D eigenvalue weighted by Gasteiger charge is -2.35. The van der Waals surface area contributed by atoms with E-state index in [-0.39, 0.29) is 6.61 Å². The van der Waals surface area contributed by atoms with Crippen molar-refractivity contribution in [2.45, 2.75) is 31.5 Å². The van der Waals surface area contributed by atoms with E-state index in [2.05, 4.69) is 4.90 Å². The minimum absolute atomic E-state index is 0.121. The Balaban J connectivity index is 1.61. The second kappa shape index (κ2) is 7.28. The minimum Gasteiger partial charge on any atom is -0.394 e. The maximum atomic E-state index is 8.70. The van der Waals surface area contributed by atoms with Crippen molar-refractivity contribution in [3.8, 4) is 0 Å². The molecule has 0 amide bonds.